The Bertz CT molecular complexity index is 589. The highest BCUT2D eigenvalue weighted by atomic mass is 16.7. The summed E-state index contributed by atoms with van der Waals surface area (Å²) in [6.45, 7) is 2.56. The molecule has 0 bridgehead atoms. The van der Waals surface area contributed by atoms with Crippen LogP contribution in [-0.4, -0.2) is 86.5 Å². The van der Waals surface area contributed by atoms with Gasteiger partial charge in [-0.3, -0.25) is 4.79 Å². The number of hydrogen-bond acceptors (Lipinski definition) is 6. The van der Waals surface area contributed by atoms with E-state index < -0.39 is 18.4 Å². The number of aliphatic hydroxyl groups is 1. The van der Waals surface area contributed by atoms with Crippen LogP contribution in [0.1, 0.15) is 103 Å². The molecule has 0 spiro atoms. The van der Waals surface area contributed by atoms with Crippen LogP contribution in [0.2, 0.25) is 0 Å². The summed E-state index contributed by atoms with van der Waals surface area (Å²) in [5.41, 5.74) is 0. The zero-order valence-electron chi connectivity index (χ0n) is 24.1. The van der Waals surface area contributed by atoms with Crippen LogP contribution in [-0.2, 0) is 23.8 Å². The first-order chi connectivity index (χ1) is 17.7. The monoisotopic (exact) mass is 530 g/mol. The van der Waals surface area contributed by atoms with Crippen LogP contribution in [0.4, 0.5) is 0 Å². The minimum absolute atomic E-state index is 0.210. The van der Waals surface area contributed by atoms with Gasteiger partial charge < -0.3 is 28.9 Å². The lowest BCUT2D eigenvalue weighted by Crippen LogP contribution is -2.40. The summed E-state index contributed by atoms with van der Waals surface area (Å²) in [5.74, 6) is -1.62. The Hall–Kier alpha value is -1.48. The van der Waals surface area contributed by atoms with Gasteiger partial charge in [-0.05, 0) is 32.1 Å². The number of ether oxygens (including phenoxy) is 3. The van der Waals surface area contributed by atoms with Crippen LogP contribution >= 0.6 is 0 Å². The summed E-state index contributed by atoms with van der Waals surface area (Å²) in [6, 6.07) is 0. The van der Waals surface area contributed by atoms with Gasteiger partial charge in [-0.1, -0.05) is 76.9 Å². The van der Waals surface area contributed by atoms with E-state index in [1.165, 1.54) is 57.8 Å². The number of carboxylic acid groups (broad SMARTS) is 1. The van der Waals surface area contributed by atoms with E-state index in [0.717, 1.165) is 32.1 Å². The molecule has 0 amide bonds. The van der Waals surface area contributed by atoms with E-state index in [-0.39, 0.29) is 25.8 Å². The first-order valence-corrected chi connectivity index (χ1v) is 14.4. The zero-order valence-corrected chi connectivity index (χ0v) is 24.1. The summed E-state index contributed by atoms with van der Waals surface area (Å²) in [5, 5.41) is 19.1. The number of aliphatic carboxylic acids is 1. The van der Waals surface area contributed by atoms with Crippen LogP contribution in [0.25, 0.3) is 0 Å². The van der Waals surface area contributed by atoms with E-state index >= 15 is 0 Å². The van der Waals surface area contributed by atoms with Crippen LogP contribution in [0, 0.1) is 0 Å². The molecule has 218 valence electrons. The highest BCUT2D eigenvalue weighted by Crippen LogP contribution is 2.11. The number of carbonyl (C=O) groups excluding carboxylic acids is 1. The molecule has 37 heavy (non-hydrogen) atoms. The van der Waals surface area contributed by atoms with Crippen molar-refractivity contribution in [3.63, 3.8) is 0 Å². The van der Waals surface area contributed by atoms with Crippen molar-refractivity contribution in [3.8, 4) is 0 Å². The Labute approximate surface area is 225 Å². The molecule has 0 aromatic rings. The van der Waals surface area contributed by atoms with Crippen LogP contribution in [0.15, 0.2) is 12.2 Å². The number of aliphatic hydroxyl groups excluding tert-OH is 1. The third-order valence-corrected chi connectivity index (χ3v) is 6.00. The first-order valence-electron chi connectivity index (χ1n) is 14.4. The van der Waals surface area contributed by atoms with Crippen molar-refractivity contribution in [3.05, 3.63) is 12.2 Å². The molecule has 0 rings (SSSR count). The number of rotatable bonds is 26. The van der Waals surface area contributed by atoms with E-state index in [2.05, 4.69) is 19.1 Å². The molecule has 0 saturated heterocycles. The van der Waals surface area contributed by atoms with Crippen molar-refractivity contribution in [2.75, 3.05) is 47.5 Å². The molecule has 8 heteroatoms. The maximum Gasteiger partial charge on any atom is 0.361 e. The Morgan fingerprint density at radius 2 is 1.32 bits per heavy atom. The third kappa shape index (κ3) is 25.9. The number of carbonyl (C=O) groups is 2. The van der Waals surface area contributed by atoms with E-state index in [0.29, 0.717) is 17.4 Å². The predicted molar refractivity (Wildman–Crippen MR) is 147 cm³/mol. The Morgan fingerprint density at radius 3 is 1.86 bits per heavy atom. The third-order valence-electron chi connectivity index (χ3n) is 6.00. The van der Waals surface area contributed by atoms with Crippen LogP contribution < -0.4 is 0 Å². The Kier molecular flexibility index (Phi) is 22.7. The van der Waals surface area contributed by atoms with Gasteiger partial charge in [-0.15, -0.1) is 0 Å². The SMILES string of the molecule is CCCCCCCCC/C=C\CCCCCCCC(=O)OCC(O)COC(OCC[N+](C)(C)C)C(=O)O. The minimum Gasteiger partial charge on any atom is -0.477 e. The van der Waals surface area contributed by atoms with Crippen molar-refractivity contribution >= 4 is 11.9 Å². The van der Waals surface area contributed by atoms with Crippen molar-refractivity contribution in [1.29, 1.82) is 0 Å². The number of unbranched alkanes of at least 4 members (excludes halogenated alkanes) is 12. The molecule has 2 N–H and O–H groups in total. The molecule has 0 saturated carbocycles. The Morgan fingerprint density at radius 1 is 0.784 bits per heavy atom. The zero-order chi connectivity index (χ0) is 27.8. The van der Waals surface area contributed by atoms with Crippen LogP contribution in [0.5, 0.6) is 0 Å². The molecule has 2 unspecified atom stereocenters. The molecule has 0 heterocycles. The summed E-state index contributed by atoms with van der Waals surface area (Å²) in [7, 11) is 5.90. The summed E-state index contributed by atoms with van der Waals surface area (Å²) in [4.78, 5) is 23.1. The highest BCUT2D eigenvalue weighted by molar-refractivity contribution is 5.70. The average molecular weight is 531 g/mol. The molecule has 2 atom stereocenters. The molecular weight excluding hydrogens is 474 g/mol. The molecule has 0 radical (unpaired) electrons. The molecule has 0 fully saturated rings. The van der Waals surface area contributed by atoms with Gasteiger partial charge >= 0.3 is 11.9 Å². The summed E-state index contributed by atoms with van der Waals surface area (Å²) < 4.78 is 16.1. The number of hydrogen-bond donors (Lipinski definition) is 2. The molecule has 0 aliphatic heterocycles. The molecule has 0 aliphatic carbocycles. The van der Waals surface area contributed by atoms with Crippen molar-refractivity contribution in [2.45, 2.75) is 116 Å². The van der Waals surface area contributed by atoms with Gasteiger partial charge in [0.2, 0.25) is 0 Å². The standard InChI is InChI=1S/C29H55NO7/c1-5-6-7-8-9-10-11-12-13-14-15-16-17-18-19-20-21-27(32)36-24-26(31)25-37-29(28(33)34)35-23-22-30(2,3)4/h13-14,26,29,31H,5-12,15-25H2,1-4H3/p+1/b14-13-. The van der Waals surface area contributed by atoms with Crippen LogP contribution in [0.3, 0.4) is 0 Å². The first kappa shape index (κ1) is 35.5. The van der Waals surface area contributed by atoms with Gasteiger partial charge in [0.15, 0.2) is 0 Å². The second-order valence-electron chi connectivity index (χ2n) is 10.9. The Balaban J connectivity index is 3.64. The molecule has 0 aliphatic rings. The highest BCUT2D eigenvalue weighted by Gasteiger charge is 2.22. The van der Waals surface area contributed by atoms with Gasteiger partial charge in [0.25, 0.3) is 6.29 Å². The van der Waals surface area contributed by atoms with E-state index in [4.69, 9.17) is 14.2 Å². The fourth-order valence-electron chi connectivity index (χ4n) is 3.65. The van der Waals surface area contributed by atoms with Gasteiger partial charge in [0.1, 0.15) is 19.3 Å². The van der Waals surface area contributed by atoms with Gasteiger partial charge in [0, 0.05) is 6.42 Å². The lowest BCUT2D eigenvalue weighted by Gasteiger charge is -2.24. The fraction of sp³-hybridized carbons (Fsp3) is 0.862. The normalized spacial score (nSPS) is 13.6. The second kappa shape index (κ2) is 23.6. The number of quaternary nitrogens is 1. The van der Waals surface area contributed by atoms with Gasteiger partial charge in [-0.25, -0.2) is 4.79 Å². The van der Waals surface area contributed by atoms with E-state index in [9.17, 15) is 19.8 Å². The lowest BCUT2D eigenvalue weighted by molar-refractivity contribution is -0.870. The van der Waals surface area contributed by atoms with E-state index in [1.807, 2.05) is 21.1 Å². The number of carboxylic acids is 1. The summed E-state index contributed by atoms with van der Waals surface area (Å²) >= 11 is 0. The fourth-order valence-corrected chi connectivity index (χ4v) is 3.65. The number of esters is 1. The maximum atomic E-state index is 11.9. The topological polar surface area (TPSA) is 102 Å². The molecule has 8 nitrogen and oxygen atoms in total. The number of likely N-dealkylation sites (N-methyl/N-ethyl adjacent to an activating group) is 1. The van der Waals surface area contributed by atoms with Crippen molar-refractivity contribution in [1.82, 2.24) is 0 Å². The van der Waals surface area contributed by atoms with Crippen molar-refractivity contribution in [2.24, 2.45) is 0 Å². The number of allylic oxidation sites excluding steroid dienone is 2. The second-order valence-corrected chi connectivity index (χ2v) is 10.9. The van der Waals surface area contributed by atoms with E-state index in [1.54, 1.807) is 0 Å². The lowest BCUT2D eigenvalue weighted by atomic mass is 10.1. The molecule has 0 aromatic carbocycles. The smallest absolute Gasteiger partial charge is 0.361 e. The molecular formula is C29H56NO7+. The van der Waals surface area contributed by atoms with Gasteiger partial charge in [0.05, 0.1) is 34.4 Å². The van der Waals surface area contributed by atoms with Gasteiger partial charge in [-0.2, -0.15) is 0 Å². The van der Waals surface area contributed by atoms with Crippen molar-refractivity contribution < 1.29 is 38.5 Å². The average Bonchev–Trinajstić information content (AvgIpc) is 2.83. The largest absolute Gasteiger partial charge is 0.477 e. The summed E-state index contributed by atoms with van der Waals surface area (Å²) in [6.07, 6.45) is 19.4. The predicted octanol–water partition coefficient (Wildman–Crippen LogP) is 5.47. The molecule has 0 aromatic heterocycles. The maximum absolute atomic E-state index is 11.9. The quantitative estimate of drug-likeness (QED) is 0.0503. The minimum atomic E-state index is -1.46. The number of nitrogens with zero attached hydrogens (tertiary/aromatic N) is 1.